The Labute approximate surface area is 698 Å². The Balaban J connectivity index is 0.828. The topological polar surface area (TPSA) is 601 Å². The van der Waals surface area contributed by atoms with E-state index in [1.54, 1.807) is 20.8 Å². The van der Waals surface area contributed by atoms with Crippen LogP contribution >= 0.6 is 0 Å². The number of aliphatic hydroxyl groups is 22. The van der Waals surface area contributed by atoms with Crippen molar-refractivity contribution < 1.29 is 188 Å². The third-order valence-electron chi connectivity index (χ3n) is 22.9. The second kappa shape index (κ2) is 47.7. The predicted molar refractivity (Wildman–Crippen MR) is 418 cm³/mol. The molecule has 38 atom stereocenters. The standard InChI is InChI=1S/C82H134O38/c1-13-81(11,119-79-71(62(98)56(92)49(34-85)112-79)117-76-64(100)59(95)54(90)47(32-83)110-76)28-18-26-39(4)21-15-20-38(3)23-17-25-42(7)36-106-74-68(104)70(53(89)45(10)108-74)116-78-66(102)61(97)58(94)51(114-78)37-107-75-67(103)69(52(88)44(9)109-75)115-73(105)43(8)31-46(87)30-41(6)24-16-22-40(5)27-19-29-82(12,14-2)120-80-72(63(99)57(93)50(35-86)113-80)118-77-65(101)60(96)55(91)48(33-84)111-77/h13-14,20,24-27,31,44-72,74-80,83-104H,1-2,15-19,21-23,28-30,32-37H2,3-12H3/b38-20+,39-26+,40-27+,41-24+,42-25-,43-31+. The average Bonchev–Trinajstić information content (AvgIpc) is 0.786. The molecular weight excluding hydrogens is 1590 g/mol. The number of aliphatic hydroxyl groups excluding tert-OH is 22. The lowest BCUT2D eigenvalue weighted by Gasteiger charge is -2.47. The largest absolute Gasteiger partial charge is 0.453 e. The maximum Gasteiger partial charge on any atom is 0.333 e. The van der Waals surface area contributed by atoms with Crippen LogP contribution in [0.2, 0.25) is 0 Å². The fourth-order valence-electron chi connectivity index (χ4n) is 14.8. The molecule has 0 aromatic carbocycles. The van der Waals surface area contributed by atoms with Crippen LogP contribution in [0.1, 0.15) is 140 Å². The van der Waals surface area contributed by atoms with Crippen LogP contribution in [0.15, 0.2) is 95.2 Å². The summed E-state index contributed by atoms with van der Waals surface area (Å²) in [5.74, 6) is -1.01. The molecular formula is C82H134O38. The summed E-state index contributed by atoms with van der Waals surface area (Å²) in [5, 5.41) is 235. The Kier molecular flexibility index (Phi) is 40.9. The van der Waals surface area contributed by atoms with Gasteiger partial charge in [-0.25, -0.2) is 4.79 Å². The molecule has 7 heterocycles. The fraction of sp³-hybridized carbons (Fsp3) is 0.793. The lowest BCUT2D eigenvalue weighted by atomic mass is 9.95. The van der Waals surface area contributed by atoms with Gasteiger partial charge in [0.05, 0.1) is 69.2 Å². The minimum absolute atomic E-state index is 0.0137. The van der Waals surface area contributed by atoms with Crippen molar-refractivity contribution in [3.05, 3.63) is 95.2 Å². The highest BCUT2D eigenvalue weighted by Gasteiger charge is 2.57. The highest BCUT2D eigenvalue weighted by Crippen LogP contribution is 2.38. The van der Waals surface area contributed by atoms with Gasteiger partial charge < -0.3 is 183 Å². The van der Waals surface area contributed by atoms with Crippen LogP contribution in [0.25, 0.3) is 0 Å². The van der Waals surface area contributed by atoms with Gasteiger partial charge in [0, 0.05) is 5.57 Å². The van der Waals surface area contributed by atoms with Crippen molar-refractivity contribution in [2.45, 2.75) is 372 Å². The summed E-state index contributed by atoms with van der Waals surface area (Å²) in [6.45, 7) is 21.4. The molecule has 22 N–H and O–H groups in total. The molecule has 7 aliphatic heterocycles. The predicted octanol–water partition coefficient (Wildman–Crippen LogP) is -3.44. The molecule has 7 saturated heterocycles. The molecule has 0 saturated carbocycles. The van der Waals surface area contributed by atoms with Crippen LogP contribution in [0.3, 0.4) is 0 Å². The van der Waals surface area contributed by atoms with E-state index in [1.807, 2.05) is 52.0 Å². The molecule has 0 spiro atoms. The molecule has 0 amide bonds. The van der Waals surface area contributed by atoms with Crippen LogP contribution in [-0.2, 0) is 75.8 Å². The molecule has 0 aromatic rings. The van der Waals surface area contributed by atoms with Gasteiger partial charge in [-0.1, -0.05) is 70.4 Å². The van der Waals surface area contributed by atoms with E-state index in [0.29, 0.717) is 51.4 Å². The van der Waals surface area contributed by atoms with Gasteiger partial charge in [-0.3, -0.25) is 0 Å². The van der Waals surface area contributed by atoms with Gasteiger partial charge >= 0.3 is 5.97 Å². The summed E-state index contributed by atoms with van der Waals surface area (Å²) in [4.78, 5) is 13.5. The molecule has 0 radical (unpaired) electrons. The zero-order chi connectivity index (χ0) is 89.1. The number of hydrogen-bond donors (Lipinski definition) is 22. The zero-order valence-electron chi connectivity index (χ0n) is 69.7. The summed E-state index contributed by atoms with van der Waals surface area (Å²) in [6, 6.07) is 0. The second-order valence-corrected chi connectivity index (χ2v) is 32.9. The minimum atomic E-state index is -1.95. The highest BCUT2D eigenvalue weighted by molar-refractivity contribution is 5.88. The molecule has 7 fully saturated rings. The van der Waals surface area contributed by atoms with Crippen LogP contribution in [-0.4, -0.2) is 390 Å². The fourth-order valence-corrected chi connectivity index (χ4v) is 14.8. The van der Waals surface area contributed by atoms with Gasteiger partial charge in [0.1, 0.15) is 153 Å². The first kappa shape index (κ1) is 103. The lowest BCUT2D eigenvalue weighted by molar-refractivity contribution is -0.375. The number of carbonyl (C=O) groups is 1. The number of hydrogen-bond acceptors (Lipinski definition) is 38. The van der Waals surface area contributed by atoms with E-state index in [1.165, 1.54) is 39.0 Å². The van der Waals surface area contributed by atoms with Gasteiger partial charge in [-0.2, -0.15) is 0 Å². The third-order valence-corrected chi connectivity index (χ3v) is 22.9. The summed E-state index contributed by atoms with van der Waals surface area (Å²) >= 11 is 0. The smallest absolute Gasteiger partial charge is 0.333 e. The maximum absolute atomic E-state index is 13.5. The van der Waals surface area contributed by atoms with E-state index in [-0.39, 0.29) is 18.6 Å². The van der Waals surface area contributed by atoms with Crippen LogP contribution < -0.4 is 0 Å². The maximum atomic E-state index is 13.5. The van der Waals surface area contributed by atoms with Crippen molar-refractivity contribution >= 4 is 5.97 Å². The first-order chi connectivity index (χ1) is 56.6. The Hall–Kier alpha value is -4.05. The van der Waals surface area contributed by atoms with Gasteiger partial charge in [-0.05, 0) is 146 Å². The molecule has 38 heteroatoms. The first-order valence-electron chi connectivity index (χ1n) is 40.9. The van der Waals surface area contributed by atoms with Crippen molar-refractivity contribution in [1.29, 1.82) is 0 Å². The Morgan fingerprint density at radius 3 is 1.12 bits per heavy atom. The monoisotopic (exact) mass is 1730 g/mol. The number of esters is 1. The molecule has 7 aliphatic rings. The molecule has 0 aromatic heterocycles. The lowest BCUT2D eigenvalue weighted by Crippen LogP contribution is -2.65. The van der Waals surface area contributed by atoms with E-state index in [9.17, 15) is 117 Å². The number of ether oxygens (including phenoxy) is 15. The Morgan fingerprint density at radius 2 is 0.708 bits per heavy atom. The molecule has 0 bridgehead atoms. The minimum Gasteiger partial charge on any atom is -0.453 e. The number of allylic oxidation sites excluding steroid dienone is 8. The third kappa shape index (κ3) is 27.5. The zero-order valence-corrected chi connectivity index (χ0v) is 69.7. The molecule has 38 unspecified atom stereocenters. The molecule has 7 rings (SSSR count). The van der Waals surface area contributed by atoms with E-state index in [2.05, 4.69) is 19.2 Å². The van der Waals surface area contributed by atoms with Crippen molar-refractivity contribution in [2.24, 2.45) is 0 Å². The van der Waals surface area contributed by atoms with Crippen LogP contribution in [0, 0.1) is 0 Å². The van der Waals surface area contributed by atoms with Gasteiger partial charge in [-0.15, -0.1) is 13.2 Å². The van der Waals surface area contributed by atoms with Crippen molar-refractivity contribution in [3.8, 4) is 0 Å². The number of rotatable bonds is 42. The summed E-state index contributed by atoms with van der Waals surface area (Å²) in [7, 11) is 0. The van der Waals surface area contributed by atoms with E-state index in [4.69, 9.17) is 71.1 Å². The van der Waals surface area contributed by atoms with E-state index in [0.717, 1.165) is 40.7 Å². The second-order valence-electron chi connectivity index (χ2n) is 32.9. The Bertz CT molecular complexity index is 3340. The SMILES string of the molecule is C=CC(C)(CC/C=C(\C)CC/C=C(\C)CC/C=C(/C)COC1OC(C)C(O)C(OC2OC(COC3OC(C)C(O)C(OC(=O)/C(C)=C/C(O)C/C(C)=C/CC/C(C)=C/CCC(C)(C=C)OC4OC(CO)C(O)C(O)C4OC4OC(CO)C(O)C(O)C4O)C3O)C(O)C(O)C2O)C1O)OC1OC(CO)C(O)C(O)C1OC1OC(CO)C(O)C(O)C1O. The average molecular weight is 1730 g/mol. The van der Waals surface area contributed by atoms with Crippen molar-refractivity contribution in [1.82, 2.24) is 0 Å². The highest BCUT2D eigenvalue weighted by atomic mass is 16.8. The Morgan fingerprint density at radius 1 is 0.375 bits per heavy atom. The normalized spacial score (nSPS) is 41.1. The van der Waals surface area contributed by atoms with Gasteiger partial charge in [0.2, 0.25) is 0 Å². The van der Waals surface area contributed by atoms with Crippen LogP contribution in [0.4, 0.5) is 0 Å². The van der Waals surface area contributed by atoms with E-state index < -0.39 is 271 Å². The molecule has 690 valence electrons. The summed E-state index contributed by atoms with van der Waals surface area (Å²) < 4.78 is 87.6. The summed E-state index contributed by atoms with van der Waals surface area (Å²) in [5.41, 5.74) is 2.36. The van der Waals surface area contributed by atoms with Crippen molar-refractivity contribution in [2.75, 3.05) is 39.6 Å². The molecule has 120 heavy (non-hydrogen) atoms. The summed E-state index contributed by atoms with van der Waals surface area (Å²) in [6.07, 6.45) is -37.7. The molecule has 38 nitrogen and oxygen atoms in total. The van der Waals surface area contributed by atoms with Crippen molar-refractivity contribution in [3.63, 3.8) is 0 Å². The van der Waals surface area contributed by atoms with Gasteiger partial charge in [0.15, 0.2) is 50.1 Å². The van der Waals surface area contributed by atoms with Crippen LogP contribution in [0.5, 0.6) is 0 Å². The molecule has 0 aliphatic carbocycles. The number of carbonyl (C=O) groups excluding carboxylic acids is 1. The quantitative estimate of drug-likeness (QED) is 0.0161. The van der Waals surface area contributed by atoms with Gasteiger partial charge in [0.25, 0.3) is 0 Å². The van der Waals surface area contributed by atoms with E-state index >= 15 is 0 Å². The first-order valence-corrected chi connectivity index (χ1v) is 40.9.